The van der Waals surface area contributed by atoms with Gasteiger partial charge in [0, 0.05) is 13.2 Å². The molecular formula is C34H60O2. The minimum absolute atomic E-state index is 0.0465. The van der Waals surface area contributed by atoms with Gasteiger partial charge in [0.1, 0.15) is 0 Å². The van der Waals surface area contributed by atoms with E-state index in [0.717, 1.165) is 31.5 Å². The molecule has 2 saturated carbocycles. The quantitative estimate of drug-likeness (QED) is 0.368. The Labute approximate surface area is 224 Å². The third-order valence-corrected chi connectivity index (χ3v) is 12.1. The zero-order valence-electron chi connectivity index (χ0n) is 25.7. The van der Waals surface area contributed by atoms with Crippen molar-refractivity contribution in [2.75, 3.05) is 13.2 Å². The molecule has 0 amide bonds. The Morgan fingerprint density at radius 2 is 1.61 bits per heavy atom. The molecule has 0 aromatic heterocycles. The summed E-state index contributed by atoms with van der Waals surface area (Å²) in [6.45, 7) is 25.3. The van der Waals surface area contributed by atoms with Gasteiger partial charge in [0.25, 0.3) is 0 Å². The van der Waals surface area contributed by atoms with Crippen LogP contribution in [0.2, 0.25) is 0 Å². The lowest BCUT2D eigenvalue weighted by Gasteiger charge is -2.62. The van der Waals surface area contributed by atoms with Crippen LogP contribution in [0.3, 0.4) is 0 Å². The predicted molar refractivity (Wildman–Crippen MR) is 155 cm³/mol. The molecule has 4 rings (SSSR count). The fraction of sp³-hybridized carbons (Fsp3) is 0.882. The number of fused-ring (bicyclic) bond motifs is 4. The van der Waals surface area contributed by atoms with Gasteiger partial charge < -0.3 is 9.84 Å². The third-order valence-electron chi connectivity index (χ3n) is 12.1. The van der Waals surface area contributed by atoms with E-state index in [1.54, 1.807) is 0 Å². The highest BCUT2D eigenvalue weighted by atomic mass is 16.5. The van der Waals surface area contributed by atoms with Crippen molar-refractivity contribution in [3.8, 4) is 0 Å². The first kappa shape index (κ1) is 29.9. The van der Waals surface area contributed by atoms with Gasteiger partial charge in [-0.25, -0.2) is 0 Å². The van der Waals surface area contributed by atoms with E-state index >= 15 is 0 Å². The highest BCUT2D eigenvalue weighted by Gasteiger charge is 2.63. The Morgan fingerprint density at radius 1 is 0.944 bits per heavy atom. The molecule has 0 spiro atoms. The van der Waals surface area contributed by atoms with Crippen LogP contribution in [0.1, 0.15) is 133 Å². The molecule has 0 heterocycles. The van der Waals surface area contributed by atoms with Crippen LogP contribution >= 0.6 is 0 Å². The first-order valence-corrected chi connectivity index (χ1v) is 15.4. The Morgan fingerprint density at radius 3 is 2.19 bits per heavy atom. The molecule has 36 heavy (non-hydrogen) atoms. The minimum Gasteiger partial charge on any atom is -0.393 e. The molecule has 7 atom stereocenters. The average Bonchev–Trinajstić information content (AvgIpc) is 3.09. The van der Waals surface area contributed by atoms with Gasteiger partial charge in [0.15, 0.2) is 0 Å². The summed E-state index contributed by atoms with van der Waals surface area (Å²) >= 11 is 0. The van der Waals surface area contributed by atoms with Gasteiger partial charge in [-0.05, 0) is 131 Å². The van der Waals surface area contributed by atoms with Crippen LogP contribution in [-0.2, 0) is 4.74 Å². The van der Waals surface area contributed by atoms with E-state index in [2.05, 4.69) is 61.5 Å². The maximum atomic E-state index is 10.8. The summed E-state index contributed by atoms with van der Waals surface area (Å²) in [6, 6.07) is 0. The average molecular weight is 501 g/mol. The maximum Gasteiger partial charge on any atom is 0.0594 e. The van der Waals surface area contributed by atoms with Crippen LogP contribution in [0.4, 0.5) is 0 Å². The lowest BCUT2D eigenvalue weighted by Crippen LogP contribution is -2.55. The Bertz CT molecular complexity index is 815. The number of aliphatic hydroxyl groups is 1. The molecule has 0 unspecified atom stereocenters. The van der Waals surface area contributed by atoms with Gasteiger partial charge in [0.2, 0.25) is 0 Å². The summed E-state index contributed by atoms with van der Waals surface area (Å²) in [7, 11) is 0. The fourth-order valence-corrected chi connectivity index (χ4v) is 9.67. The highest BCUT2D eigenvalue weighted by Crippen LogP contribution is 2.72. The van der Waals surface area contributed by atoms with Crippen molar-refractivity contribution in [3.05, 3.63) is 22.8 Å². The van der Waals surface area contributed by atoms with Crippen molar-refractivity contribution in [2.24, 2.45) is 39.4 Å². The van der Waals surface area contributed by atoms with Crippen LogP contribution in [0.15, 0.2) is 22.8 Å². The molecule has 0 aromatic rings. The number of rotatable bonds is 6. The summed E-state index contributed by atoms with van der Waals surface area (Å²) in [5.41, 5.74) is 6.41. The second kappa shape index (κ2) is 11.3. The fourth-order valence-electron chi connectivity index (χ4n) is 9.67. The molecule has 0 aromatic carbocycles. The van der Waals surface area contributed by atoms with Gasteiger partial charge in [-0.3, -0.25) is 0 Å². The summed E-state index contributed by atoms with van der Waals surface area (Å²) in [4.78, 5) is 0. The molecule has 4 aliphatic carbocycles. The summed E-state index contributed by atoms with van der Waals surface area (Å²) in [6.07, 6.45) is 15.2. The number of hydrogen-bond donors (Lipinski definition) is 1. The zero-order chi connectivity index (χ0) is 26.9. The predicted octanol–water partition coefficient (Wildman–Crippen LogP) is 9.52. The SMILES string of the molecule is CC(C)=CCC[C@@H](C)[C@H]1CC[C@@]2(C)C3=C(CC[C@]12C)[C@@]1(C)CC[C@H](O)C(C)(C)[C@@H]1CC3.CCOCC. The van der Waals surface area contributed by atoms with Crippen LogP contribution in [0.5, 0.6) is 0 Å². The number of allylic oxidation sites excluding steroid dienone is 4. The highest BCUT2D eigenvalue weighted by molar-refractivity contribution is 5.38. The molecule has 2 nitrogen and oxygen atoms in total. The first-order chi connectivity index (χ1) is 16.8. The Kier molecular flexibility index (Phi) is 9.36. The number of ether oxygens (including phenoxy) is 1. The van der Waals surface area contributed by atoms with Crippen LogP contribution in [0, 0.1) is 39.4 Å². The third kappa shape index (κ3) is 5.04. The molecule has 0 aliphatic heterocycles. The van der Waals surface area contributed by atoms with E-state index in [4.69, 9.17) is 4.74 Å². The molecule has 2 heteroatoms. The van der Waals surface area contributed by atoms with Gasteiger partial charge in [-0.1, -0.05) is 64.3 Å². The summed E-state index contributed by atoms with van der Waals surface area (Å²) in [5, 5.41) is 10.8. The molecule has 208 valence electrons. The first-order valence-electron chi connectivity index (χ1n) is 15.4. The molecule has 2 fully saturated rings. The van der Waals surface area contributed by atoms with Crippen LogP contribution in [-0.4, -0.2) is 24.4 Å². The molecule has 0 radical (unpaired) electrons. The maximum absolute atomic E-state index is 10.8. The molecule has 4 aliphatic rings. The molecule has 0 saturated heterocycles. The second-order valence-electron chi connectivity index (χ2n) is 14.4. The number of hydrogen-bond acceptors (Lipinski definition) is 2. The van der Waals surface area contributed by atoms with Crippen molar-refractivity contribution >= 4 is 0 Å². The normalized spacial score (nSPS) is 39.8. The van der Waals surface area contributed by atoms with E-state index in [0.29, 0.717) is 22.2 Å². The van der Waals surface area contributed by atoms with Crippen molar-refractivity contribution < 1.29 is 9.84 Å². The van der Waals surface area contributed by atoms with E-state index < -0.39 is 0 Å². The van der Waals surface area contributed by atoms with Crippen molar-refractivity contribution in [3.63, 3.8) is 0 Å². The molecule has 1 N–H and O–H groups in total. The topological polar surface area (TPSA) is 29.5 Å². The zero-order valence-corrected chi connectivity index (χ0v) is 25.7. The van der Waals surface area contributed by atoms with Gasteiger partial charge in [0.05, 0.1) is 6.10 Å². The smallest absolute Gasteiger partial charge is 0.0594 e. The second-order valence-corrected chi connectivity index (χ2v) is 14.4. The largest absolute Gasteiger partial charge is 0.393 e. The number of aliphatic hydroxyl groups excluding tert-OH is 1. The van der Waals surface area contributed by atoms with E-state index in [1.165, 1.54) is 63.4 Å². The minimum atomic E-state index is -0.130. The lowest BCUT2D eigenvalue weighted by molar-refractivity contribution is -0.0962. The molecule has 0 bridgehead atoms. The van der Waals surface area contributed by atoms with E-state index in [-0.39, 0.29) is 11.5 Å². The Balaban J connectivity index is 0.000000658. The summed E-state index contributed by atoms with van der Waals surface area (Å²) in [5.74, 6) is 2.32. The van der Waals surface area contributed by atoms with Crippen molar-refractivity contribution in [1.82, 2.24) is 0 Å². The van der Waals surface area contributed by atoms with Crippen molar-refractivity contribution in [2.45, 2.75) is 140 Å². The Hall–Kier alpha value is -0.600. The molecular weight excluding hydrogens is 440 g/mol. The lowest BCUT2D eigenvalue weighted by atomic mass is 9.43. The van der Waals surface area contributed by atoms with Crippen molar-refractivity contribution in [1.29, 1.82) is 0 Å². The summed E-state index contributed by atoms with van der Waals surface area (Å²) < 4.78 is 4.83. The van der Waals surface area contributed by atoms with Crippen LogP contribution < -0.4 is 0 Å². The monoisotopic (exact) mass is 500 g/mol. The van der Waals surface area contributed by atoms with Gasteiger partial charge in [-0.15, -0.1) is 0 Å². The van der Waals surface area contributed by atoms with Crippen LogP contribution in [0.25, 0.3) is 0 Å². The van der Waals surface area contributed by atoms with Gasteiger partial charge in [-0.2, -0.15) is 0 Å². The van der Waals surface area contributed by atoms with Gasteiger partial charge >= 0.3 is 0 Å². The standard InChI is InChI=1S/C30H50O.C4H10O/c1-20(2)10-9-11-21(3)22-14-18-30(8)24-12-13-25-27(4,5)26(31)16-17-28(25,6)23(24)15-19-29(22,30)7;1-3-5-4-2/h10,21-22,25-26,31H,9,11-19H2,1-8H3;3-4H2,1-2H3/t21-,22-,25+,26+,28-,29-,30+;/m1./s1. The van der Waals surface area contributed by atoms with E-state index in [1.807, 2.05) is 25.0 Å². The van der Waals surface area contributed by atoms with E-state index in [9.17, 15) is 5.11 Å².